The van der Waals surface area contributed by atoms with Crippen molar-refractivity contribution in [2.45, 2.75) is 19.9 Å². The molecule has 4 aromatic heterocycles. The minimum absolute atomic E-state index is 0.0120. The zero-order chi connectivity index (χ0) is 37.4. The minimum Gasteiger partial charge on any atom is -0.226 e. The summed E-state index contributed by atoms with van der Waals surface area (Å²) in [6.45, 7) is 0. The van der Waals surface area contributed by atoms with Gasteiger partial charge in [0, 0.05) is 24.5 Å². The maximum atomic E-state index is 12.0. The molecule has 0 aromatic carbocycles. The van der Waals surface area contributed by atoms with Crippen molar-refractivity contribution < 1.29 is 26.3 Å². The monoisotopic (exact) mass is 960 g/mol. The van der Waals surface area contributed by atoms with Crippen LogP contribution in [0.4, 0.5) is 26.3 Å². The molecule has 264 valence electrons. The van der Waals surface area contributed by atoms with Gasteiger partial charge >= 0.3 is 12.4 Å². The first kappa shape index (κ1) is 46.0. The molecule has 0 fully saturated rings. The zero-order valence-corrected chi connectivity index (χ0v) is 32.0. The van der Waals surface area contributed by atoms with Crippen molar-refractivity contribution >= 4 is 162 Å². The summed E-state index contributed by atoms with van der Waals surface area (Å²) in [7, 11) is 0. The summed E-state index contributed by atoms with van der Waals surface area (Å²) in [4.78, 5) is 27.0. The number of nitrogens with zero attached hydrogens (tertiary/aromatic N) is 8. The average Bonchev–Trinajstić information content (AvgIpc) is 2.86. The van der Waals surface area contributed by atoms with Gasteiger partial charge in [-0.1, -0.05) is 116 Å². The third kappa shape index (κ3) is 17.0. The predicted octanol–water partition coefficient (Wildman–Crippen LogP) is 12.8. The molecule has 0 saturated carbocycles. The fraction of sp³-hybridized carbons (Fsp3) is 0.200. The summed E-state index contributed by atoms with van der Waals surface area (Å²) in [5, 5.41) is -1.72. The van der Waals surface area contributed by atoms with E-state index in [9.17, 15) is 26.3 Å². The van der Waals surface area contributed by atoms with Crippen molar-refractivity contribution in [3.05, 3.63) is 88.8 Å². The van der Waals surface area contributed by atoms with E-state index in [2.05, 4.69) is 39.9 Å². The molecule has 48 heavy (non-hydrogen) atoms. The third-order valence-electron chi connectivity index (χ3n) is 3.95. The van der Waals surface area contributed by atoms with E-state index in [1.807, 2.05) is 0 Å². The number of hydrogen-bond donors (Lipinski definition) is 0. The highest BCUT2D eigenvalue weighted by Crippen LogP contribution is 2.41. The largest absolute Gasteiger partial charge is 0.433 e. The highest BCUT2D eigenvalue weighted by Gasteiger charge is 2.35. The van der Waals surface area contributed by atoms with Gasteiger partial charge in [0.05, 0.1) is 11.3 Å². The van der Waals surface area contributed by atoms with E-state index in [1.165, 1.54) is 12.3 Å². The lowest BCUT2D eigenvalue weighted by Gasteiger charge is -2.10. The third-order valence-corrected chi connectivity index (χ3v) is 6.81. The highest BCUT2D eigenvalue weighted by atomic mass is 35.6. The van der Waals surface area contributed by atoms with Crippen molar-refractivity contribution in [1.82, 2.24) is 39.9 Å². The molecule has 0 aliphatic carbocycles. The normalized spacial score (nSPS) is 11.8. The van der Waals surface area contributed by atoms with Crippen LogP contribution in [0.2, 0.25) is 41.7 Å². The Morgan fingerprint density at radius 2 is 0.792 bits per heavy atom. The Labute approximate surface area is 334 Å². The number of halogens is 20. The number of hydrogen-bond acceptors (Lipinski definition) is 8. The number of rotatable bonds is 0. The van der Waals surface area contributed by atoms with Gasteiger partial charge in [0.1, 0.15) is 26.2 Å². The van der Waals surface area contributed by atoms with E-state index < -0.39 is 41.6 Å². The van der Waals surface area contributed by atoms with Crippen molar-refractivity contribution in [3.63, 3.8) is 0 Å². The van der Waals surface area contributed by atoms with E-state index in [4.69, 9.17) is 162 Å². The standard InChI is InChI=1S/2C5HCl5N2.2C5HCl2F3N2/c6-3-2(5(8,9)10)1-11-4(7)12-3;6-3-1-2(5(8,9)10)11-4(7)12-3;6-3-2(5(8,9)10)1-11-4(7)12-3;6-3-1-2(5(8,9)10)11-4(7)12-3/h4*1H. The van der Waals surface area contributed by atoms with Crippen LogP contribution in [0.15, 0.2) is 24.5 Å². The van der Waals surface area contributed by atoms with Gasteiger partial charge in [0.25, 0.3) is 0 Å². The van der Waals surface area contributed by atoms with E-state index in [0.717, 1.165) is 0 Å². The number of aromatic nitrogens is 8. The molecular weight excluding hydrogens is 963 g/mol. The summed E-state index contributed by atoms with van der Waals surface area (Å²) in [6.07, 6.45) is -7.28. The number of alkyl halides is 12. The van der Waals surface area contributed by atoms with Gasteiger partial charge in [0.2, 0.25) is 28.7 Å². The summed E-state index contributed by atoms with van der Waals surface area (Å²) in [5.41, 5.74) is -1.88. The van der Waals surface area contributed by atoms with Gasteiger partial charge in [-0.15, -0.1) is 0 Å². The molecule has 28 heteroatoms. The quantitative estimate of drug-likeness (QED) is 0.0743. The molecule has 8 nitrogen and oxygen atoms in total. The molecule has 0 saturated heterocycles. The van der Waals surface area contributed by atoms with Crippen LogP contribution in [0.25, 0.3) is 0 Å². The van der Waals surface area contributed by atoms with Crippen LogP contribution in [0.1, 0.15) is 22.5 Å². The van der Waals surface area contributed by atoms with Gasteiger partial charge in [-0.05, 0) is 46.4 Å². The van der Waals surface area contributed by atoms with Crippen molar-refractivity contribution in [3.8, 4) is 0 Å². The Bertz CT molecular complexity index is 1520. The second-order valence-electron chi connectivity index (χ2n) is 7.37. The lowest BCUT2D eigenvalue weighted by atomic mass is 10.3. The Balaban J connectivity index is 0.000000320. The molecular formula is C20H4Cl14F6N8. The second kappa shape index (κ2) is 19.2. The van der Waals surface area contributed by atoms with Crippen LogP contribution >= 0.6 is 162 Å². The fourth-order valence-corrected chi connectivity index (χ4v) is 4.66. The van der Waals surface area contributed by atoms with Gasteiger partial charge in [0.15, 0.2) is 5.69 Å². The summed E-state index contributed by atoms with van der Waals surface area (Å²) >= 11 is 76.0. The SMILES string of the molecule is Clc1cc(C(Cl)(Cl)Cl)nc(Cl)n1.Clc1ncc(C(Cl)(Cl)Cl)c(Cl)n1.FC(F)(F)c1cc(Cl)nc(Cl)n1.FC(F)(F)c1cnc(Cl)nc1Cl. The average molecular weight is 967 g/mol. The van der Waals surface area contributed by atoms with Crippen LogP contribution in [0.5, 0.6) is 0 Å². The van der Waals surface area contributed by atoms with Crippen LogP contribution < -0.4 is 0 Å². The van der Waals surface area contributed by atoms with Gasteiger partial charge in [-0.3, -0.25) is 0 Å². The lowest BCUT2D eigenvalue weighted by molar-refractivity contribution is -0.141. The molecule has 0 N–H and O–H groups in total. The minimum atomic E-state index is -4.55. The van der Waals surface area contributed by atoms with Gasteiger partial charge in [-0.25, -0.2) is 39.9 Å². The Hall–Kier alpha value is -0.0400. The van der Waals surface area contributed by atoms with Crippen LogP contribution in [0, 0.1) is 0 Å². The van der Waals surface area contributed by atoms with E-state index in [0.29, 0.717) is 12.3 Å². The van der Waals surface area contributed by atoms with Crippen LogP contribution in [-0.2, 0) is 19.9 Å². The summed E-state index contributed by atoms with van der Waals surface area (Å²) in [6, 6.07) is 1.94. The van der Waals surface area contributed by atoms with E-state index in [1.54, 1.807) is 0 Å². The predicted molar refractivity (Wildman–Crippen MR) is 177 cm³/mol. The molecule has 0 bridgehead atoms. The first-order valence-electron chi connectivity index (χ1n) is 10.7. The molecule has 0 aliphatic rings. The molecule has 4 aromatic rings. The smallest absolute Gasteiger partial charge is 0.226 e. The van der Waals surface area contributed by atoms with E-state index in [-0.39, 0.29) is 42.6 Å². The Morgan fingerprint density at radius 3 is 1.10 bits per heavy atom. The fourth-order valence-electron chi connectivity index (χ4n) is 2.13. The zero-order valence-electron chi connectivity index (χ0n) is 21.4. The molecule has 4 heterocycles. The first-order valence-corrected chi connectivity index (χ1v) is 16.0. The molecule has 0 spiro atoms. The summed E-state index contributed by atoms with van der Waals surface area (Å²) in [5.74, 6) is 0. The van der Waals surface area contributed by atoms with Crippen molar-refractivity contribution in [1.29, 1.82) is 0 Å². The van der Waals surface area contributed by atoms with Gasteiger partial charge < -0.3 is 0 Å². The Kier molecular flexibility index (Phi) is 18.4. The molecule has 0 aliphatic heterocycles. The molecule has 0 amide bonds. The van der Waals surface area contributed by atoms with Crippen LogP contribution in [0.3, 0.4) is 0 Å². The lowest BCUT2D eigenvalue weighted by Crippen LogP contribution is -2.08. The summed E-state index contributed by atoms with van der Waals surface area (Å²) < 4.78 is 68.5. The highest BCUT2D eigenvalue weighted by molar-refractivity contribution is 6.67. The molecule has 0 radical (unpaired) electrons. The molecule has 4 rings (SSSR count). The maximum Gasteiger partial charge on any atom is 0.433 e. The first-order chi connectivity index (χ1) is 21.6. The van der Waals surface area contributed by atoms with Crippen molar-refractivity contribution in [2.24, 2.45) is 0 Å². The second-order valence-corrected chi connectivity index (χ2v) is 14.8. The topological polar surface area (TPSA) is 103 Å². The molecule has 0 atom stereocenters. The maximum absolute atomic E-state index is 12.0. The van der Waals surface area contributed by atoms with Gasteiger partial charge in [-0.2, -0.15) is 26.3 Å². The Morgan fingerprint density at radius 1 is 0.417 bits per heavy atom. The van der Waals surface area contributed by atoms with E-state index >= 15 is 0 Å². The molecule has 0 unspecified atom stereocenters. The van der Waals surface area contributed by atoms with Crippen molar-refractivity contribution in [2.75, 3.05) is 0 Å². The van der Waals surface area contributed by atoms with Crippen LogP contribution in [-0.4, -0.2) is 39.9 Å².